The molecule has 2 rings (SSSR count). The molecular weight excluding hydrogens is 345 g/mol. The number of carbonyl (C=O) groups excluding carboxylic acids is 1. The first kappa shape index (κ1) is 15.1. The lowest BCUT2D eigenvalue weighted by atomic mass is 10.1. The zero-order chi connectivity index (χ0) is 15.6. The minimum atomic E-state index is -0.764. The molecule has 0 aliphatic carbocycles. The second kappa shape index (κ2) is 6.01. The molecule has 2 aromatic carbocycles. The third-order valence-corrected chi connectivity index (χ3v) is 3.17. The number of nitrogens with zero attached hydrogens (tertiary/aromatic N) is 1. The molecule has 0 N–H and O–H groups in total. The van der Waals surface area contributed by atoms with Crippen molar-refractivity contribution in [3.8, 4) is 11.5 Å². The van der Waals surface area contributed by atoms with E-state index < -0.39 is 16.5 Å². The van der Waals surface area contributed by atoms with Gasteiger partial charge in [0.15, 0.2) is 17.3 Å². The number of hydrogen-bond donors (Lipinski definition) is 0. The zero-order valence-electron chi connectivity index (χ0n) is 10.8. The van der Waals surface area contributed by atoms with Crippen LogP contribution in [0.2, 0.25) is 0 Å². The van der Waals surface area contributed by atoms with Crippen LogP contribution in [0, 0.1) is 15.9 Å². The Labute approximate surface area is 127 Å². The van der Waals surface area contributed by atoms with Crippen molar-refractivity contribution in [1.82, 2.24) is 0 Å². The number of ketones is 1. The summed E-state index contributed by atoms with van der Waals surface area (Å²) in [6, 6.07) is 7.98. The van der Waals surface area contributed by atoms with E-state index in [4.69, 9.17) is 4.74 Å². The van der Waals surface area contributed by atoms with Crippen molar-refractivity contribution in [2.75, 3.05) is 0 Å². The van der Waals surface area contributed by atoms with E-state index in [1.165, 1.54) is 37.3 Å². The predicted molar refractivity (Wildman–Crippen MR) is 77.3 cm³/mol. The average molecular weight is 354 g/mol. The number of nitro benzene ring substituents is 1. The Morgan fingerprint density at radius 3 is 2.67 bits per heavy atom. The van der Waals surface area contributed by atoms with Gasteiger partial charge in [0.25, 0.3) is 0 Å². The lowest BCUT2D eigenvalue weighted by Gasteiger charge is -2.10. The van der Waals surface area contributed by atoms with Crippen molar-refractivity contribution < 1.29 is 18.8 Å². The predicted octanol–water partition coefficient (Wildman–Crippen LogP) is 4.49. The summed E-state index contributed by atoms with van der Waals surface area (Å²) in [5, 5.41) is 11.0. The molecule has 5 nitrogen and oxygen atoms in total. The van der Waals surface area contributed by atoms with E-state index in [1.54, 1.807) is 0 Å². The van der Waals surface area contributed by atoms with Gasteiger partial charge < -0.3 is 4.74 Å². The van der Waals surface area contributed by atoms with Gasteiger partial charge in [-0.15, -0.1) is 0 Å². The van der Waals surface area contributed by atoms with E-state index >= 15 is 0 Å². The second-order valence-corrected chi connectivity index (χ2v) is 5.06. The number of hydrogen-bond acceptors (Lipinski definition) is 4. The van der Waals surface area contributed by atoms with Crippen molar-refractivity contribution in [3.05, 3.63) is 62.4 Å². The van der Waals surface area contributed by atoms with Crippen molar-refractivity contribution in [2.24, 2.45) is 0 Å². The number of ether oxygens (including phenoxy) is 1. The van der Waals surface area contributed by atoms with Gasteiger partial charge in [-0.25, -0.2) is 4.39 Å². The number of carbonyl (C=O) groups is 1. The highest BCUT2D eigenvalue weighted by atomic mass is 79.9. The Kier molecular flexibility index (Phi) is 4.32. The molecule has 0 amide bonds. The van der Waals surface area contributed by atoms with Crippen LogP contribution in [-0.4, -0.2) is 10.7 Å². The van der Waals surface area contributed by atoms with Crippen molar-refractivity contribution in [1.29, 1.82) is 0 Å². The summed E-state index contributed by atoms with van der Waals surface area (Å²) < 4.78 is 19.6. The number of benzene rings is 2. The maximum Gasteiger partial charge on any atom is 0.312 e. The lowest BCUT2D eigenvalue weighted by Crippen LogP contribution is -2.01. The van der Waals surface area contributed by atoms with E-state index in [-0.39, 0.29) is 22.7 Å². The highest BCUT2D eigenvalue weighted by molar-refractivity contribution is 9.10. The van der Waals surface area contributed by atoms with Gasteiger partial charge in [0.2, 0.25) is 5.75 Å². The van der Waals surface area contributed by atoms with Gasteiger partial charge in [0, 0.05) is 10.5 Å². The molecule has 0 aliphatic heterocycles. The van der Waals surface area contributed by atoms with E-state index in [2.05, 4.69) is 15.9 Å². The Morgan fingerprint density at radius 2 is 2.05 bits per heavy atom. The second-order valence-electron chi connectivity index (χ2n) is 4.14. The van der Waals surface area contributed by atoms with E-state index in [1.807, 2.05) is 0 Å². The molecule has 0 radical (unpaired) electrons. The van der Waals surface area contributed by atoms with E-state index in [0.717, 1.165) is 6.07 Å². The van der Waals surface area contributed by atoms with Crippen LogP contribution in [0.25, 0.3) is 0 Å². The van der Waals surface area contributed by atoms with Gasteiger partial charge >= 0.3 is 5.69 Å². The third kappa shape index (κ3) is 3.25. The first-order chi connectivity index (χ1) is 9.90. The topological polar surface area (TPSA) is 69.4 Å². The smallest absolute Gasteiger partial charge is 0.312 e. The zero-order valence-corrected chi connectivity index (χ0v) is 12.4. The van der Waals surface area contributed by atoms with Crippen molar-refractivity contribution >= 4 is 27.4 Å². The molecule has 0 fully saturated rings. The fourth-order valence-electron chi connectivity index (χ4n) is 1.72. The van der Waals surface area contributed by atoms with Crippen LogP contribution < -0.4 is 4.74 Å². The molecule has 7 heteroatoms. The number of halogens is 2. The Balaban J connectivity index is 2.53. The number of nitro groups is 1. The summed E-state index contributed by atoms with van der Waals surface area (Å²) in [6.07, 6.45) is 0. The summed E-state index contributed by atoms with van der Waals surface area (Å²) in [4.78, 5) is 21.9. The molecule has 21 heavy (non-hydrogen) atoms. The summed E-state index contributed by atoms with van der Waals surface area (Å²) >= 11 is 3.11. The quantitative estimate of drug-likeness (QED) is 0.461. The average Bonchev–Trinajstić information content (AvgIpc) is 2.42. The standard InChI is InChI=1S/C14H9BrFNO4/c1-8(18)10-3-2-4-11(16)14(10)21-13-6-5-9(15)7-12(13)17(19)20/h2-7H,1H3. The molecule has 0 unspecified atom stereocenters. The monoisotopic (exact) mass is 353 g/mol. The highest BCUT2D eigenvalue weighted by Gasteiger charge is 2.20. The van der Waals surface area contributed by atoms with E-state index in [0.29, 0.717) is 4.47 Å². The van der Waals surface area contributed by atoms with Crippen LogP contribution in [0.15, 0.2) is 40.9 Å². The van der Waals surface area contributed by atoms with Crippen LogP contribution >= 0.6 is 15.9 Å². The SMILES string of the molecule is CC(=O)c1cccc(F)c1Oc1ccc(Br)cc1[N+](=O)[O-]. The van der Waals surface area contributed by atoms with Crippen molar-refractivity contribution in [3.63, 3.8) is 0 Å². The molecule has 0 heterocycles. The van der Waals surface area contributed by atoms with Gasteiger partial charge in [-0.1, -0.05) is 22.0 Å². The van der Waals surface area contributed by atoms with Gasteiger partial charge in [-0.3, -0.25) is 14.9 Å². The molecular formula is C14H9BrFNO4. The first-order valence-electron chi connectivity index (χ1n) is 5.81. The van der Waals surface area contributed by atoms with Crippen molar-refractivity contribution in [2.45, 2.75) is 6.92 Å². The molecule has 0 aromatic heterocycles. The number of rotatable bonds is 4. The molecule has 2 aromatic rings. The molecule has 0 atom stereocenters. The van der Waals surface area contributed by atoms with Gasteiger partial charge in [-0.2, -0.15) is 0 Å². The molecule has 0 saturated heterocycles. The maximum absolute atomic E-state index is 13.9. The fraction of sp³-hybridized carbons (Fsp3) is 0.0714. The molecule has 0 spiro atoms. The summed E-state index contributed by atoms with van der Waals surface area (Å²) in [5.41, 5.74) is -0.311. The van der Waals surface area contributed by atoms with Gasteiger partial charge in [0.05, 0.1) is 10.5 Å². The van der Waals surface area contributed by atoms with Crippen LogP contribution in [0.3, 0.4) is 0 Å². The lowest BCUT2D eigenvalue weighted by molar-refractivity contribution is -0.385. The van der Waals surface area contributed by atoms with Crippen LogP contribution in [0.4, 0.5) is 10.1 Å². The summed E-state index contributed by atoms with van der Waals surface area (Å²) in [6.45, 7) is 1.26. The van der Waals surface area contributed by atoms with Gasteiger partial charge in [-0.05, 0) is 31.2 Å². The molecule has 0 aliphatic rings. The summed E-state index contributed by atoms with van der Waals surface area (Å²) in [7, 11) is 0. The highest BCUT2D eigenvalue weighted by Crippen LogP contribution is 2.36. The summed E-state index contributed by atoms with van der Waals surface area (Å²) in [5.74, 6) is -1.63. The molecule has 108 valence electrons. The Morgan fingerprint density at radius 1 is 1.33 bits per heavy atom. The van der Waals surface area contributed by atoms with Crippen LogP contribution in [-0.2, 0) is 0 Å². The molecule has 0 bridgehead atoms. The van der Waals surface area contributed by atoms with Crippen LogP contribution in [0.1, 0.15) is 17.3 Å². The Bertz CT molecular complexity index is 733. The normalized spacial score (nSPS) is 10.2. The third-order valence-electron chi connectivity index (χ3n) is 2.68. The minimum Gasteiger partial charge on any atom is -0.446 e. The van der Waals surface area contributed by atoms with Crippen LogP contribution in [0.5, 0.6) is 11.5 Å². The number of para-hydroxylation sites is 1. The number of Topliss-reactive ketones (excluding diaryl/α,β-unsaturated/α-hetero) is 1. The first-order valence-corrected chi connectivity index (χ1v) is 6.60. The Hall–Kier alpha value is -2.28. The molecule has 0 saturated carbocycles. The minimum absolute atomic E-state index is 0.0206. The van der Waals surface area contributed by atoms with Gasteiger partial charge in [0.1, 0.15) is 0 Å². The largest absolute Gasteiger partial charge is 0.446 e. The maximum atomic E-state index is 13.9. The fourth-order valence-corrected chi connectivity index (χ4v) is 2.07. The van der Waals surface area contributed by atoms with E-state index in [9.17, 15) is 19.3 Å².